The average molecular weight is 276 g/mol. The van der Waals surface area contributed by atoms with Gasteiger partial charge in [-0.3, -0.25) is 4.79 Å². The molecule has 112 valence electrons. The van der Waals surface area contributed by atoms with E-state index >= 15 is 0 Å². The van der Waals surface area contributed by atoms with Gasteiger partial charge in [-0.25, -0.2) is 0 Å². The van der Waals surface area contributed by atoms with E-state index in [0.717, 1.165) is 25.0 Å². The summed E-state index contributed by atoms with van der Waals surface area (Å²) < 4.78 is 5.57. The first kappa shape index (κ1) is 16.9. The molecule has 0 N–H and O–H groups in total. The largest absolute Gasteiger partial charge is 0.381 e. The van der Waals surface area contributed by atoms with Crippen molar-refractivity contribution in [1.82, 2.24) is 0 Å². The predicted octanol–water partition coefficient (Wildman–Crippen LogP) is 5.03. The van der Waals surface area contributed by atoms with Gasteiger partial charge in [0.2, 0.25) is 0 Å². The summed E-state index contributed by atoms with van der Waals surface area (Å²) in [5, 5.41) is 0. The standard InChI is InChI=1S/C18H28O2/c1-2-3-4-5-6-10-15-20-16-11-14-18(19)17-12-8-7-9-13-17/h7-9,12-13H,2-6,10-11,14-16H2,1H3. The summed E-state index contributed by atoms with van der Waals surface area (Å²) in [4.78, 5) is 11.8. The first-order valence-electron chi connectivity index (χ1n) is 8.00. The minimum absolute atomic E-state index is 0.216. The molecule has 0 unspecified atom stereocenters. The van der Waals surface area contributed by atoms with E-state index in [0.29, 0.717) is 13.0 Å². The average Bonchev–Trinajstić information content (AvgIpc) is 2.50. The third-order valence-electron chi connectivity index (χ3n) is 3.43. The molecule has 0 aliphatic rings. The van der Waals surface area contributed by atoms with Crippen LogP contribution in [-0.2, 0) is 4.74 Å². The van der Waals surface area contributed by atoms with Crippen LogP contribution < -0.4 is 0 Å². The summed E-state index contributed by atoms with van der Waals surface area (Å²) >= 11 is 0. The lowest BCUT2D eigenvalue weighted by atomic mass is 10.1. The first-order chi connectivity index (χ1) is 9.84. The van der Waals surface area contributed by atoms with E-state index in [4.69, 9.17) is 4.74 Å². The van der Waals surface area contributed by atoms with Gasteiger partial charge in [-0.2, -0.15) is 0 Å². The van der Waals surface area contributed by atoms with Gasteiger partial charge in [0.25, 0.3) is 0 Å². The number of hydrogen-bond acceptors (Lipinski definition) is 2. The van der Waals surface area contributed by atoms with E-state index in [1.54, 1.807) is 0 Å². The van der Waals surface area contributed by atoms with Crippen LogP contribution in [0.5, 0.6) is 0 Å². The van der Waals surface area contributed by atoms with Gasteiger partial charge in [-0.15, -0.1) is 0 Å². The van der Waals surface area contributed by atoms with Gasteiger partial charge >= 0.3 is 0 Å². The second-order valence-corrected chi connectivity index (χ2v) is 5.27. The number of ether oxygens (including phenoxy) is 1. The molecule has 0 saturated carbocycles. The summed E-state index contributed by atoms with van der Waals surface area (Å²) in [6.45, 7) is 3.78. The minimum atomic E-state index is 0.216. The zero-order valence-corrected chi connectivity index (χ0v) is 12.8. The molecule has 0 aromatic heterocycles. The Kier molecular flexibility index (Phi) is 9.85. The monoisotopic (exact) mass is 276 g/mol. The van der Waals surface area contributed by atoms with E-state index in [9.17, 15) is 4.79 Å². The SMILES string of the molecule is CCCCCCCCOCCCC(=O)c1ccccc1. The molecule has 0 radical (unpaired) electrons. The molecule has 20 heavy (non-hydrogen) atoms. The van der Waals surface area contributed by atoms with Crippen LogP contribution in [0.15, 0.2) is 30.3 Å². The zero-order valence-electron chi connectivity index (χ0n) is 12.8. The molecule has 0 aliphatic carbocycles. The van der Waals surface area contributed by atoms with Crippen LogP contribution in [0.1, 0.15) is 68.6 Å². The summed E-state index contributed by atoms with van der Waals surface area (Å²) in [6.07, 6.45) is 9.14. The number of carbonyl (C=O) groups excluding carboxylic acids is 1. The van der Waals surface area contributed by atoms with Crippen molar-refractivity contribution < 1.29 is 9.53 Å². The van der Waals surface area contributed by atoms with E-state index < -0.39 is 0 Å². The fourth-order valence-electron chi connectivity index (χ4n) is 2.19. The maximum absolute atomic E-state index is 11.8. The quantitative estimate of drug-likeness (QED) is 0.395. The van der Waals surface area contributed by atoms with Crippen LogP contribution in [0.3, 0.4) is 0 Å². The Morgan fingerprint density at radius 2 is 1.55 bits per heavy atom. The molecule has 0 heterocycles. The maximum atomic E-state index is 11.8. The van der Waals surface area contributed by atoms with Crippen LogP contribution in [-0.4, -0.2) is 19.0 Å². The summed E-state index contributed by atoms with van der Waals surface area (Å²) in [7, 11) is 0. The second-order valence-electron chi connectivity index (χ2n) is 5.27. The Bertz CT molecular complexity index is 346. The Labute approximate surface area is 123 Å². The van der Waals surface area contributed by atoms with Crippen molar-refractivity contribution in [3.8, 4) is 0 Å². The molecule has 0 spiro atoms. The van der Waals surface area contributed by atoms with E-state index in [2.05, 4.69) is 6.92 Å². The van der Waals surface area contributed by atoms with Gasteiger partial charge in [-0.05, 0) is 12.8 Å². The second kappa shape index (κ2) is 11.7. The van der Waals surface area contributed by atoms with Crippen molar-refractivity contribution in [3.63, 3.8) is 0 Å². The fraction of sp³-hybridized carbons (Fsp3) is 0.611. The van der Waals surface area contributed by atoms with Crippen molar-refractivity contribution in [3.05, 3.63) is 35.9 Å². The van der Waals surface area contributed by atoms with Gasteiger partial charge in [0, 0.05) is 25.2 Å². The van der Waals surface area contributed by atoms with E-state index in [-0.39, 0.29) is 5.78 Å². The number of ketones is 1. The molecule has 0 amide bonds. The van der Waals surface area contributed by atoms with E-state index in [1.165, 1.54) is 32.1 Å². The topological polar surface area (TPSA) is 26.3 Å². The fourth-order valence-corrected chi connectivity index (χ4v) is 2.19. The zero-order chi connectivity index (χ0) is 14.5. The van der Waals surface area contributed by atoms with E-state index in [1.807, 2.05) is 30.3 Å². The molecule has 1 rings (SSSR count). The third-order valence-corrected chi connectivity index (χ3v) is 3.43. The Balaban J connectivity index is 1.91. The normalized spacial score (nSPS) is 10.7. The highest BCUT2D eigenvalue weighted by atomic mass is 16.5. The summed E-state index contributed by atoms with van der Waals surface area (Å²) in [5.74, 6) is 0.216. The molecule has 2 nitrogen and oxygen atoms in total. The lowest BCUT2D eigenvalue weighted by Gasteiger charge is -2.04. The van der Waals surface area contributed by atoms with Crippen molar-refractivity contribution in [1.29, 1.82) is 0 Å². The summed E-state index contributed by atoms with van der Waals surface area (Å²) in [6, 6.07) is 9.49. The minimum Gasteiger partial charge on any atom is -0.381 e. The highest BCUT2D eigenvalue weighted by Crippen LogP contribution is 2.07. The summed E-state index contributed by atoms with van der Waals surface area (Å²) in [5.41, 5.74) is 0.809. The predicted molar refractivity (Wildman–Crippen MR) is 84.2 cm³/mol. The van der Waals surface area contributed by atoms with Gasteiger partial charge < -0.3 is 4.74 Å². The molecular weight excluding hydrogens is 248 g/mol. The van der Waals surface area contributed by atoms with Gasteiger partial charge in [-0.1, -0.05) is 69.4 Å². The first-order valence-corrected chi connectivity index (χ1v) is 8.00. The molecule has 2 heteroatoms. The molecule has 0 atom stereocenters. The molecule has 0 aliphatic heterocycles. The Hall–Kier alpha value is -1.15. The molecule has 1 aromatic carbocycles. The van der Waals surface area contributed by atoms with Crippen LogP contribution in [0.25, 0.3) is 0 Å². The third kappa shape index (κ3) is 8.11. The van der Waals surface area contributed by atoms with Crippen LogP contribution >= 0.6 is 0 Å². The number of Topliss-reactive ketones (excluding diaryl/α,β-unsaturated/α-hetero) is 1. The number of benzene rings is 1. The lowest BCUT2D eigenvalue weighted by molar-refractivity contribution is 0.0933. The van der Waals surface area contributed by atoms with Crippen LogP contribution in [0, 0.1) is 0 Å². The van der Waals surface area contributed by atoms with Crippen molar-refractivity contribution >= 4 is 5.78 Å². The maximum Gasteiger partial charge on any atom is 0.162 e. The molecular formula is C18H28O2. The molecule has 0 bridgehead atoms. The molecule has 0 fully saturated rings. The van der Waals surface area contributed by atoms with Gasteiger partial charge in [0.1, 0.15) is 0 Å². The van der Waals surface area contributed by atoms with Crippen molar-refractivity contribution in [2.45, 2.75) is 58.3 Å². The number of unbranched alkanes of at least 4 members (excludes halogenated alkanes) is 5. The number of hydrogen-bond donors (Lipinski definition) is 0. The molecule has 0 saturated heterocycles. The van der Waals surface area contributed by atoms with Crippen LogP contribution in [0.4, 0.5) is 0 Å². The number of rotatable bonds is 12. The Morgan fingerprint density at radius 3 is 2.30 bits per heavy atom. The van der Waals surface area contributed by atoms with Gasteiger partial charge in [0.05, 0.1) is 0 Å². The number of carbonyl (C=O) groups is 1. The lowest BCUT2D eigenvalue weighted by Crippen LogP contribution is -2.03. The van der Waals surface area contributed by atoms with Crippen molar-refractivity contribution in [2.24, 2.45) is 0 Å². The smallest absolute Gasteiger partial charge is 0.162 e. The van der Waals surface area contributed by atoms with Gasteiger partial charge in [0.15, 0.2) is 5.78 Å². The highest BCUT2D eigenvalue weighted by molar-refractivity contribution is 5.95. The van der Waals surface area contributed by atoms with Crippen molar-refractivity contribution in [2.75, 3.05) is 13.2 Å². The Morgan fingerprint density at radius 1 is 0.900 bits per heavy atom. The van der Waals surface area contributed by atoms with Crippen LogP contribution in [0.2, 0.25) is 0 Å². The highest BCUT2D eigenvalue weighted by Gasteiger charge is 2.03. The molecule has 1 aromatic rings.